The summed E-state index contributed by atoms with van der Waals surface area (Å²) in [5.74, 6) is -4.31. The van der Waals surface area contributed by atoms with Crippen molar-refractivity contribution in [2.24, 2.45) is 0 Å². The molecule has 1 unspecified atom stereocenters. The molecule has 3 heterocycles. The minimum absolute atomic E-state index is 0.0518. The second-order valence-corrected chi connectivity index (χ2v) is 9.97. The number of aliphatic hydroxyl groups is 1. The van der Waals surface area contributed by atoms with E-state index in [1.807, 2.05) is 0 Å². The van der Waals surface area contributed by atoms with E-state index >= 15 is 0 Å². The minimum atomic E-state index is -4.32. The van der Waals surface area contributed by atoms with Gasteiger partial charge in [-0.2, -0.15) is 13.8 Å². The number of nitrogen functional groups attached to an aromatic ring is 1. The van der Waals surface area contributed by atoms with Gasteiger partial charge in [0.1, 0.15) is 11.6 Å². The summed E-state index contributed by atoms with van der Waals surface area (Å²) in [6.45, 7) is -5.04. The van der Waals surface area contributed by atoms with E-state index in [-0.39, 0.29) is 17.0 Å². The SMILES string of the molecule is Nc1ccn([C@@H]2O[C@@](COP3(=S)OCc4ccccc4O3)(C(F)F)[C@H](O)C2(F)F)c(=O)n1. The predicted molar refractivity (Wildman–Crippen MR) is 105 cm³/mol. The van der Waals surface area contributed by atoms with Crippen LogP contribution in [0.5, 0.6) is 5.75 Å². The minimum Gasteiger partial charge on any atom is -0.424 e. The standard InChI is InChI=1S/C17H16F4N3O6PS/c18-13(19)16(8-28-31(32)27-7-9-3-1-2-4-10(9)30-31)12(25)17(20,21)14(29-16)24-6-5-11(22)23-15(24)26/h1-6,12-14,25H,7-8H2,(H2,22,23,26)/t12-,14+,16+,31?/m0/s1. The number of hydrogen-bond donors (Lipinski definition) is 2. The molecule has 0 spiro atoms. The zero-order chi connectivity index (χ0) is 23.3. The smallest absolute Gasteiger partial charge is 0.381 e. The molecule has 0 bridgehead atoms. The molecule has 1 saturated heterocycles. The molecule has 9 nitrogen and oxygen atoms in total. The van der Waals surface area contributed by atoms with Crippen LogP contribution < -0.4 is 15.9 Å². The molecule has 2 aromatic rings. The van der Waals surface area contributed by atoms with Gasteiger partial charge in [0, 0.05) is 23.6 Å². The molecule has 3 N–H and O–H groups in total. The van der Waals surface area contributed by atoms with Gasteiger partial charge in [0.15, 0.2) is 11.7 Å². The number of anilines is 1. The lowest BCUT2D eigenvalue weighted by Gasteiger charge is -2.34. The third-order valence-corrected chi connectivity index (χ3v) is 7.14. The first-order valence-corrected chi connectivity index (χ1v) is 11.6. The average molecular weight is 497 g/mol. The van der Waals surface area contributed by atoms with E-state index in [1.165, 1.54) is 0 Å². The molecule has 0 radical (unpaired) electrons. The van der Waals surface area contributed by atoms with Crippen molar-refractivity contribution in [1.29, 1.82) is 0 Å². The highest BCUT2D eigenvalue weighted by Crippen LogP contribution is 2.57. The van der Waals surface area contributed by atoms with Gasteiger partial charge in [-0.25, -0.2) is 13.6 Å². The summed E-state index contributed by atoms with van der Waals surface area (Å²) in [6, 6.07) is 7.58. The quantitative estimate of drug-likeness (QED) is 0.474. The third kappa shape index (κ3) is 3.80. The van der Waals surface area contributed by atoms with Gasteiger partial charge >= 0.3 is 18.3 Å². The van der Waals surface area contributed by atoms with Crippen LogP contribution in [0.1, 0.15) is 11.8 Å². The van der Waals surface area contributed by atoms with Crippen LogP contribution in [0, 0.1) is 0 Å². The first-order chi connectivity index (χ1) is 15.0. The number of nitrogens with two attached hydrogens (primary N) is 1. The number of rotatable bonds is 5. The number of ether oxygens (including phenoxy) is 1. The fourth-order valence-corrected chi connectivity index (χ4v) is 5.07. The summed E-state index contributed by atoms with van der Waals surface area (Å²) in [4.78, 5) is 15.3. The molecule has 0 amide bonds. The lowest BCUT2D eigenvalue weighted by Crippen LogP contribution is -2.54. The van der Waals surface area contributed by atoms with E-state index in [4.69, 9.17) is 35.8 Å². The number of nitrogens with zero attached hydrogens (tertiary/aromatic N) is 2. The fraction of sp³-hybridized carbons (Fsp3) is 0.412. The second kappa shape index (κ2) is 8.04. The van der Waals surface area contributed by atoms with Gasteiger partial charge in [-0.3, -0.25) is 13.6 Å². The Balaban J connectivity index is 1.62. The van der Waals surface area contributed by atoms with Crippen LogP contribution >= 0.6 is 6.72 Å². The highest BCUT2D eigenvalue weighted by molar-refractivity contribution is 8.07. The Morgan fingerprint density at radius 3 is 2.78 bits per heavy atom. The Morgan fingerprint density at radius 1 is 1.38 bits per heavy atom. The topological polar surface area (TPSA) is 118 Å². The van der Waals surface area contributed by atoms with Crippen molar-refractivity contribution >= 4 is 24.3 Å². The van der Waals surface area contributed by atoms with Gasteiger partial charge in [-0.15, -0.1) is 0 Å². The molecule has 174 valence electrons. The third-order valence-electron chi connectivity index (χ3n) is 4.97. The number of aromatic nitrogens is 2. The molecule has 0 saturated carbocycles. The van der Waals surface area contributed by atoms with E-state index < -0.39 is 49.3 Å². The van der Waals surface area contributed by atoms with Gasteiger partial charge in [0.05, 0.1) is 13.2 Å². The Bertz CT molecular complexity index is 1140. The first-order valence-electron chi connectivity index (χ1n) is 9.02. The lowest BCUT2D eigenvalue weighted by atomic mass is 9.96. The predicted octanol–water partition coefficient (Wildman–Crippen LogP) is 2.20. The Morgan fingerprint density at radius 2 is 2.09 bits per heavy atom. The molecule has 4 rings (SSSR count). The summed E-state index contributed by atoms with van der Waals surface area (Å²) in [5, 5.41) is 10.2. The molecular weight excluding hydrogens is 481 g/mol. The van der Waals surface area contributed by atoms with Crippen LogP contribution in [0.2, 0.25) is 0 Å². The van der Waals surface area contributed by atoms with E-state index in [1.54, 1.807) is 24.3 Å². The molecule has 15 heteroatoms. The van der Waals surface area contributed by atoms with Crippen LogP contribution in [0.25, 0.3) is 0 Å². The van der Waals surface area contributed by atoms with E-state index in [0.717, 1.165) is 12.3 Å². The van der Waals surface area contributed by atoms with Crippen molar-refractivity contribution in [1.82, 2.24) is 9.55 Å². The molecule has 32 heavy (non-hydrogen) atoms. The number of benzene rings is 1. The average Bonchev–Trinajstić information content (AvgIpc) is 2.94. The molecule has 1 fully saturated rings. The van der Waals surface area contributed by atoms with Crippen molar-refractivity contribution in [2.45, 2.75) is 36.9 Å². The van der Waals surface area contributed by atoms with Gasteiger partial charge in [-0.1, -0.05) is 18.2 Å². The maximum absolute atomic E-state index is 14.8. The van der Waals surface area contributed by atoms with Crippen molar-refractivity contribution in [3.63, 3.8) is 0 Å². The molecule has 1 aromatic heterocycles. The van der Waals surface area contributed by atoms with Gasteiger partial charge < -0.3 is 20.1 Å². The molecule has 2 aliphatic heterocycles. The number of alkyl halides is 4. The first kappa shape index (κ1) is 23.1. The normalized spacial score (nSPS) is 31.3. The van der Waals surface area contributed by atoms with Crippen molar-refractivity contribution in [3.05, 3.63) is 52.6 Å². The number of hydrogen-bond acceptors (Lipinski definition) is 9. The molecule has 0 aliphatic carbocycles. The van der Waals surface area contributed by atoms with E-state index in [0.29, 0.717) is 11.3 Å². The number of fused-ring (bicyclic) bond motifs is 1. The van der Waals surface area contributed by atoms with Crippen LogP contribution in [-0.4, -0.2) is 45.3 Å². The summed E-state index contributed by atoms with van der Waals surface area (Å²) in [5.41, 5.74) is 1.42. The zero-order valence-electron chi connectivity index (χ0n) is 15.9. The monoisotopic (exact) mass is 497 g/mol. The molecule has 4 atom stereocenters. The van der Waals surface area contributed by atoms with Gasteiger partial charge in [-0.05, 0) is 12.1 Å². The highest BCUT2D eigenvalue weighted by Gasteiger charge is 2.71. The van der Waals surface area contributed by atoms with Gasteiger partial charge in [0.2, 0.25) is 6.23 Å². The fourth-order valence-electron chi connectivity index (χ4n) is 3.26. The van der Waals surface area contributed by atoms with E-state index in [9.17, 15) is 27.5 Å². The Kier molecular flexibility index (Phi) is 5.80. The number of halogens is 4. The van der Waals surface area contributed by atoms with Crippen LogP contribution in [0.15, 0.2) is 41.3 Å². The lowest BCUT2D eigenvalue weighted by molar-refractivity contribution is -0.193. The Hall–Kier alpha value is -2.09. The second-order valence-electron chi connectivity index (χ2n) is 7.04. The number of aliphatic hydroxyl groups excluding tert-OH is 1. The van der Waals surface area contributed by atoms with Crippen molar-refractivity contribution < 1.29 is 41.0 Å². The van der Waals surface area contributed by atoms with Crippen LogP contribution in [-0.2, 0) is 32.2 Å². The maximum atomic E-state index is 14.8. The molecule has 1 aromatic carbocycles. The Labute approximate surface area is 182 Å². The summed E-state index contributed by atoms with van der Waals surface area (Å²) >= 11 is 5.15. The molecule has 2 aliphatic rings. The summed E-state index contributed by atoms with van der Waals surface area (Å²) < 4.78 is 78.9. The zero-order valence-corrected chi connectivity index (χ0v) is 17.6. The largest absolute Gasteiger partial charge is 0.424 e. The summed E-state index contributed by atoms with van der Waals surface area (Å²) in [6.07, 6.45) is -8.54. The van der Waals surface area contributed by atoms with Crippen molar-refractivity contribution in [2.75, 3.05) is 12.3 Å². The van der Waals surface area contributed by atoms with Crippen LogP contribution in [0.4, 0.5) is 23.4 Å². The van der Waals surface area contributed by atoms with Crippen LogP contribution in [0.3, 0.4) is 0 Å². The van der Waals surface area contributed by atoms with Crippen molar-refractivity contribution in [3.8, 4) is 5.75 Å². The highest BCUT2D eigenvalue weighted by atomic mass is 32.5. The number of para-hydroxylation sites is 1. The maximum Gasteiger partial charge on any atom is 0.381 e. The summed E-state index contributed by atoms with van der Waals surface area (Å²) in [7, 11) is 0. The molecular formula is C17H16F4N3O6PS. The van der Waals surface area contributed by atoms with Gasteiger partial charge in [0.25, 0.3) is 6.43 Å². The van der Waals surface area contributed by atoms with E-state index in [2.05, 4.69) is 4.98 Å².